The minimum absolute atomic E-state index is 0.177. The number of nitrogens with zero attached hydrogens (tertiary/aromatic N) is 1. The van der Waals surface area contributed by atoms with Crippen LogP contribution in [0.4, 0.5) is 0 Å². The largest absolute Gasteiger partial charge is 0.496 e. The molecule has 6 nitrogen and oxygen atoms in total. The first-order valence-corrected chi connectivity index (χ1v) is 5.93. The molecule has 1 aliphatic heterocycles. The molecule has 3 rings (SSSR count). The van der Waals surface area contributed by atoms with Crippen molar-refractivity contribution in [2.45, 2.75) is 0 Å². The Balaban J connectivity index is 2.14. The number of rotatable bonds is 3. The zero-order valence-electron chi connectivity index (χ0n) is 10.8. The number of nitrogens with two attached hydrogens (primary N) is 1. The molecule has 1 aliphatic rings. The van der Waals surface area contributed by atoms with Crippen molar-refractivity contribution in [3.05, 3.63) is 36.0 Å². The zero-order chi connectivity index (χ0) is 14.1. The van der Waals surface area contributed by atoms with Gasteiger partial charge in [-0.2, -0.15) is 0 Å². The second kappa shape index (κ2) is 4.73. The average molecular weight is 272 g/mol. The maximum absolute atomic E-state index is 11.2. The first kappa shape index (κ1) is 12.3. The molecule has 0 saturated heterocycles. The molecular formula is C14H12N2O4. The summed E-state index contributed by atoms with van der Waals surface area (Å²) in [6.45, 7) is 0.177. The predicted octanol–water partition coefficient (Wildman–Crippen LogP) is 1.58. The fraction of sp³-hybridized carbons (Fsp3) is 0.143. The number of aromatic nitrogens is 1. The smallest absolute Gasteiger partial charge is 0.248 e. The summed E-state index contributed by atoms with van der Waals surface area (Å²) in [6, 6.07) is 6.68. The van der Waals surface area contributed by atoms with Crippen LogP contribution in [0.25, 0.3) is 11.3 Å². The number of hydrogen-bond donors (Lipinski definition) is 1. The van der Waals surface area contributed by atoms with Gasteiger partial charge in [0, 0.05) is 23.4 Å². The van der Waals surface area contributed by atoms with Crippen molar-refractivity contribution in [3.8, 4) is 28.5 Å². The number of carbonyl (C=O) groups is 1. The van der Waals surface area contributed by atoms with Crippen LogP contribution in [0.15, 0.2) is 30.5 Å². The van der Waals surface area contributed by atoms with Crippen molar-refractivity contribution in [2.75, 3.05) is 13.9 Å². The van der Waals surface area contributed by atoms with E-state index in [2.05, 4.69) is 4.98 Å². The number of benzene rings is 1. The SMILES string of the molecule is COc1cc2c(cc1-c1cc(C(N)=O)ccn1)OCO2. The summed E-state index contributed by atoms with van der Waals surface area (Å²) < 4.78 is 16.0. The summed E-state index contributed by atoms with van der Waals surface area (Å²) in [7, 11) is 1.55. The zero-order valence-corrected chi connectivity index (χ0v) is 10.8. The topological polar surface area (TPSA) is 83.7 Å². The van der Waals surface area contributed by atoms with Crippen molar-refractivity contribution in [1.29, 1.82) is 0 Å². The highest BCUT2D eigenvalue weighted by atomic mass is 16.7. The van der Waals surface area contributed by atoms with Gasteiger partial charge in [-0.05, 0) is 18.2 Å². The summed E-state index contributed by atoms with van der Waals surface area (Å²) in [5, 5.41) is 0. The molecule has 0 radical (unpaired) electrons. The van der Waals surface area contributed by atoms with Gasteiger partial charge in [0.1, 0.15) is 5.75 Å². The van der Waals surface area contributed by atoms with Gasteiger partial charge in [-0.15, -0.1) is 0 Å². The van der Waals surface area contributed by atoms with Crippen molar-refractivity contribution in [1.82, 2.24) is 4.98 Å². The molecule has 2 N–H and O–H groups in total. The standard InChI is InChI=1S/C14H12N2O4/c1-18-11-6-13-12(19-7-20-13)5-9(11)10-4-8(14(15)17)2-3-16-10/h2-6H,7H2,1H3,(H2,15,17). The Labute approximate surface area is 115 Å². The van der Waals surface area contributed by atoms with Gasteiger partial charge < -0.3 is 19.9 Å². The van der Waals surface area contributed by atoms with Crippen LogP contribution >= 0.6 is 0 Å². The lowest BCUT2D eigenvalue weighted by atomic mass is 10.1. The fourth-order valence-electron chi connectivity index (χ4n) is 2.02. The van der Waals surface area contributed by atoms with Gasteiger partial charge in [0.25, 0.3) is 0 Å². The van der Waals surface area contributed by atoms with E-state index in [9.17, 15) is 4.79 Å². The Morgan fingerprint density at radius 2 is 2.05 bits per heavy atom. The van der Waals surface area contributed by atoms with Crippen molar-refractivity contribution < 1.29 is 19.0 Å². The number of hydrogen-bond acceptors (Lipinski definition) is 5. The Morgan fingerprint density at radius 1 is 1.30 bits per heavy atom. The predicted molar refractivity (Wildman–Crippen MR) is 70.9 cm³/mol. The summed E-state index contributed by atoms with van der Waals surface area (Å²) in [4.78, 5) is 15.5. The highest BCUT2D eigenvalue weighted by Gasteiger charge is 2.19. The Kier molecular flexibility index (Phi) is 2.90. The summed E-state index contributed by atoms with van der Waals surface area (Å²) >= 11 is 0. The molecule has 2 aromatic rings. The molecule has 0 bridgehead atoms. The Hall–Kier alpha value is -2.76. The number of carbonyl (C=O) groups excluding carboxylic acids is 1. The van der Waals surface area contributed by atoms with Gasteiger partial charge in [-0.25, -0.2) is 0 Å². The number of methoxy groups -OCH3 is 1. The molecule has 6 heteroatoms. The van der Waals surface area contributed by atoms with Crippen LogP contribution in [-0.2, 0) is 0 Å². The van der Waals surface area contributed by atoms with E-state index in [0.717, 1.165) is 0 Å². The summed E-state index contributed by atoms with van der Waals surface area (Å²) in [5.74, 6) is 1.32. The Bertz CT molecular complexity index is 685. The minimum atomic E-state index is -0.506. The van der Waals surface area contributed by atoms with E-state index >= 15 is 0 Å². The second-order valence-electron chi connectivity index (χ2n) is 4.20. The van der Waals surface area contributed by atoms with Crippen LogP contribution < -0.4 is 19.9 Å². The molecule has 0 atom stereocenters. The molecule has 0 aliphatic carbocycles. The number of primary amides is 1. The van der Waals surface area contributed by atoms with Crippen molar-refractivity contribution in [3.63, 3.8) is 0 Å². The highest BCUT2D eigenvalue weighted by molar-refractivity contribution is 5.94. The third-order valence-electron chi connectivity index (χ3n) is 3.02. The average Bonchev–Trinajstić information content (AvgIpc) is 2.93. The van der Waals surface area contributed by atoms with Crippen LogP contribution in [0.5, 0.6) is 17.2 Å². The van der Waals surface area contributed by atoms with E-state index in [1.165, 1.54) is 6.20 Å². The fourth-order valence-corrected chi connectivity index (χ4v) is 2.02. The van der Waals surface area contributed by atoms with Crippen LogP contribution in [0.2, 0.25) is 0 Å². The van der Waals surface area contributed by atoms with E-state index < -0.39 is 5.91 Å². The number of fused-ring (bicyclic) bond motifs is 1. The van der Waals surface area contributed by atoms with Gasteiger partial charge in [0.15, 0.2) is 11.5 Å². The second-order valence-corrected chi connectivity index (χ2v) is 4.20. The Morgan fingerprint density at radius 3 is 2.75 bits per heavy atom. The maximum Gasteiger partial charge on any atom is 0.248 e. The molecule has 0 unspecified atom stereocenters. The normalized spacial score (nSPS) is 12.2. The first-order valence-electron chi connectivity index (χ1n) is 5.93. The number of pyridine rings is 1. The van der Waals surface area contributed by atoms with Crippen molar-refractivity contribution in [2.24, 2.45) is 5.73 Å². The monoisotopic (exact) mass is 272 g/mol. The minimum Gasteiger partial charge on any atom is -0.496 e. The highest BCUT2D eigenvalue weighted by Crippen LogP contribution is 2.41. The van der Waals surface area contributed by atoms with Crippen LogP contribution in [0.1, 0.15) is 10.4 Å². The van der Waals surface area contributed by atoms with E-state index in [-0.39, 0.29) is 6.79 Å². The molecule has 0 fully saturated rings. The van der Waals surface area contributed by atoms with Gasteiger partial charge in [0.05, 0.1) is 12.8 Å². The maximum atomic E-state index is 11.2. The molecule has 20 heavy (non-hydrogen) atoms. The number of ether oxygens (including phenoxy) is 3. The van der Waals surface area contributed by atoms with Crippen LogP contribution in [0.3, 0.4) is 0 Å². The quantitative estimate of drug-likeness (QED) is 0.917. The van der Waals surface area contributed by atoms with Crippen molar-refractivity contribution >= 4 is 5.91 Å². The molecule has 2 heterocycles. The lowest BCUT2D eigenvalue weighted by molar-refractivity contribution is 0.1000. The molecule has 0 spiro atoms. The molecule has 102 valence electrons. The molecule has 0 saturated carbocycles. The van der Waals surface area contributed by atoms with E-state index in [4.69, 9.17) is 19.9 Å². The molecule has 1 aromatic heterocycles. The van der Waals surface area contributed by atoms with Gasteiger partial charge in [-0.3, -0.25) is 9.78 Å². The van der Waals surface area contributed by atoms with Crippen LogP contribution in [-0.4, -0.2) is 24.8 Å². The summed E-state index contributed by atoms with van der Waals surface area (Å²) in [5.41, 5.74) is 6.95. The van der Waals surface area contributed by atoms with E-state index in [1.54, 1.807) is 31.4 Å². The number of amides is 1. The summed E-state index contributed by atoms with van der Waals surface area (Å²) in [6.07, 6.45) is 1.53. The first-order chi connectivity index (χ1) is 9.69. The van der Waals surface area contributed by atoms with Gasteiger partial charge in [-0.1, -0.05) is 0 Å². The van der Waals surface area contributed by atoms with Gasteiger partial charge >= 0.3 is 0 Å². The third kappa shape index (κ3) is 2.01. The molecule has 1 aromatic carbocycles. The molecular weight excluding hydrogens is 260 g/mol. The lowest BCUT2D eigenvalue weighted by Crippen LogP contribution is -2.11. The van der Waals surface area contributed by atoms with E-state index in [1.807, 2.05) is 0 Å². The van der Waals surface area contributed by atoms with Gasteiger partial charge in [0.2, 0.25) is 12.7 Å². The van der Waals surface area contributed by atoms with Crippen LogP contribution in [0, 0.1) is 0 Å². The lowest BCUT2D eigenvalue weighted by Gasteiger charge is -2.10. The third-order valence-corrected chi connectivity index (χ3v) is 3.02. The molecule has 1 amide bonds. The van der Waals surface area contributed by atoms with E-state index in [0.29, 0.717) is 34.1 Å².